The van der Waals surface area contributed by atoms with Crippen molar-refractivity contribution < 1.29 is 13.2 Å². The molecular formula is C24H18BrN3O3S2. The zero-order valence-electron chi connectivity index (χ0n) is 17.4. The van der Waals surface area contributed by atoms with Crippen LogP contribution in [0, 0.1) is 0 Å². The molecule has 0 saturated heterocycles. The quantitative estimate of drug-likeness (QED) is 0.356. The first-order chi connectivity index (χ1) is 15.8. The topological polar surface area (TPSA) is 79.4 Å². The van der Waals surface area contributed by atoms with Gasteiger partial charge >= 0.3 is 0 Å². The number of sulfonamides is 1. The van der Waals surface area contributed by atoms with Crippen LogP contribution >= 0.6 is 27.3 Å². The van der Waals surface area contributed by atoms with Gasteiger partial charge in [0.25, 0.3) is 15.9 Å². The summed E-state index contributed by atoms with van der Waals surface area (Å²) in [6.45, 7) is 0.616. The second-order valence-corrected chi connectivity index (χ2v) is 11.4. The van der Waals surface area contributed by atoms with Crippen LogP contribution in [0.2, 0.25) is 0 Å². The summed E-state index contributed by atoms with van der Waals surface area (Å²) in [5.41, 5.74) is 4.05. The number of nitrogens with zero attached hydrogens (tertiary/aromatic N) is 2. The van der Waals surface area contributed by atoms with E-state index in [0.29, 0.717) is 12.2 Å². The molecule has 0 fully saturated rings. The predicted molar refractivity (Wildman–Crippen MR) is 134 cm³/mol. The number of pyridine rings is 1. The normalized spacial score (nSPS) is 13.3. The smallest absolute Gasteiger partial charge is 0.261 e. The summed E-state index contributed by atoms with van der Waals surface area (Å²) in [5.74, 6) is 0.0527. The number of anilines is 1. The van der Waals surface area contributed by atoms with Crippen molar-refractivity contribution in [3.05, 3.63) is 88.7 Å². The van der Waals surface area contributed by atoms with Crippen LogP contribution in [-0.2, 0) is 16.6 Å². The van der Waals surface area contributed by atoms with Gasteiger partial charge in [0, 0.05) is 45.1 Å². The SMILES string of the molecule is CN1Cc2cc(-c3ccc(-c4cncc(NS(=O)(=O)c5ccc(Br)cc5)c4)s3)ccc2C1=O. The fourth-order valence-electron chi connectivity index (χ4n) is 3.73. The molecule has 4 aromatic rings. The third kappa shape index (κ3) is 4.31. The van der Waals surface area contributed by atoms with Gasteiger partial charge in [0.05, 0.1) is 16.8 Å². The second kappa shape index (κ2) is 8.40. The number of amides is 1. The first kappa shape index (κ1) is 21.8. The molecule has 0 bridgehead atoms. The minimum atomic E-state index is -3.72. The zero-order chi connectivity index (χ0) is 23.2. The Morgan fingerprint density at radius 2 is 1.70 bits per heavy atom. The number of halogens is 1. The fraction of sp³-hybridized carbons (Fsp3) is 0.0833. The van der Waals surface area contributed by atoms with E-state index in [0.717, 1.165) is 36.5 Å². The molecule has 0 atom stereocenters. The summed E-state index contributed by atoms with van der Waals surface area (Å²) in [6.07, 6.45) is 3.20. The van der Waals surface area contributed by atoms with Crippen LogP contribution in [0.1, 0.15) is 15.9 Å². The third-order valence-electron chi connectivity index (χ3n) is 5.38. The van der Waals surface area contributed by atoms with Crippen molar-refractivity contribution in [2.45, 2.75) is 11.4 Å². The van der Waals surface area contributed by atoms with E-state index in [-0.39, 0.29) is 10.8 Å². The van der Waals surface area contributed by atoms with Crippen LogP contribution in [0.3, 0.4) is 0 Å². The highest BCUT2D eigenvalue weighted by atomic mass is 79.9. The van der Waals surface area contributed by atoms with Crippen molar-refractivity contribution in [1.29, 1.82) is 0 Å². The van der Waals surface area contributed by atoms with Gasteiger partial charge in [0.1, 0.15) is 0 Å². The highest BCUT2D eigenvalue weighted by Crippen LogP contribution is 2.37. The maximum Gasteiger partial charge on any atom is 0.261 e. The fourth-order valence-corrected chi connectivity index (χ4v) is 6.01. The lowest BCUT2D eigenvalue weighted by Crippen LogP contribution is -2.17. The Hall–Kier alpha value is -3.01. The molecule has 33 heavy (non-hydrogen) atoms. The van der Waals surface area contributed by atoms with Gasteiger partial charge in [-0.05, 0) is 65.7 Å². The highest BCUT2D eigenvalue weighted by Gasteiger charge is 2.24. The van der Waals surface area contributed by atoms with Crippen LogP contribution in [0.15, 0.2) is 82.4 Å². The molecule has 1 aliphatic rings. The number of hydrogen-bond donors (Lipinski definition) is 1. The zero-order valence-corrected chi connectivity index (χ0v) is 20.7. The van der Waals surface area contributed by atoms with E-state index < -0.39 is 10.0 Å². The van der Waals surface area contributed by atoms with Gasteiger partial charge < -0.3 is 4.90 Å². The summed E-state index contributed by atoms with van der Waals surface area (Å²) in [7, 11) is -1.92. The number of rotatable bonds is 5. The van der Waals surface area contributed by atoms with Gasteiger partial charge in [0.15, 0.2) is 0 Å². The van der Waals surface area contributed by atoms with Gasteiger partial charge in [-0.2, -0.15) is 0 Å². The molecule has 3 heterocycles. The van der Waals surface area contributed by atoms with E-state index in [1.54, 1.807) is 47.7 Å². The van der Waals surface area contributed by atoms with Crippen molar-refractivity contribution in [2.24, 2.45) is 0 Å². The Kier molecular flexibility index (Phi) is 5.55. The molecule has 0 saturated carbocycles. The number of hydrogen-bond acceptors (Lipinski definition) is 5. The molecule has 0 spiro atoms. The van der Waals surface area contributed by atoms with Crippen molar-refractivity contribution in [1.82, 2.24) is 9.88 Å². The largest absolute Gasteiger partial charge is 0.337 e. The molecule has 9 heteroatoms. The van der Waals surface area contributed by atoms with Crippen LogP contribution in [-0.4, -0.2) is 31.3 Å². The molecule has 0 radical (unpaired) electrons. The van der Waals surface area contributed by atoms with Gasteiger partial charge in [-0.25, -0.2) is 8.42 Å². The molecule has 2 aromatic carbocycles. The van der Waals surface area contributed by atoms with E-state index in [1.807, 2.05) is 24.3 Å². The first-order valence-electron chi connectivity index (χ1n) is 10.0. The number of carbonyl (C=O) groups excluding carboxylic acids is 1. The summed E-state index contributed by atoms with van der Waals surface area (Å²) in [5, 5.41) is 0. The van der Waals surface area contributed by atoms with Crippen molar-refractivity contribution >= 4 is 48.9 Å². The van der Waals surface area contributed by atoms with Crippen LogP contribution in [0.25, 0.3) is 20.9 Å². The monoisotopic (exact) mass is 539 g/mol. The van der Waals surface area contributed by atoms with E-state index in [4.69, 9.17) is 0 Å². The van der Waals surface area contributed by atoms with E-state index in [9.17, 15) is 13.2 Å². The average Bonchev–Trinajstić information content (AvgIpc) is 3.39. The van der Waals surface area contributed by atoms with E-state index in [2.05, 4.69) is 31.7 Å². The molecule has 0 unspecified atom stereocenters. The third-order valence-corrected chi connectivity index (χ3v) is 8.49. The van der Waals surface area contributed by atoms with Gasteiger partial charge in [0.2, 0.25) is 0 Å². The standard InChI is InChI=1S/C24H18BrN3O3S2/c1-28-14-17-10-15(2-7-21(17)24(28)29)22-8-9-23(32-22)16-11-19(13-26-12-16)27-33(30,31)20-5-3-18(25)4-6-20/h2-13,27H,14H2,1H3. The molecule has 0 aliphatic carbocycles. The molecule has 1 N–H and O–H groups in total. The number of benzene rings is 2. The van der Waals surface area contributed by atoms with Gasteiger partial charge in [-0.1, -0.05) is 22.0 Å². The molecule has 1 amide bonds. The van der Waals surface area contributed by atoms with Crippen LogP contribution in [0.5, 0.6) is 0 Å². The molecule has 6 nitrogen and oxygen atoms in total. The Balaban J connectivity index is 1.40. The number of nitrogens with one attached hydrogen (secondary N) is 1. The van der Waals surface area contributed by atoms with Crippen molar-refractivity contribution in [2.75, 3.05) is 11.8 Å². The van der Waals surface area contributed by atoms with Crippen molar-refractivity contribution in [3.8, 4) is 20.9 Å². The average molecular weight is 540 g/mol. The highest BCUT2D eigenvalue weighted by molar-refractivity contribution is 9.10. The number of aromatic nitrogens is 1. The summed E-state index contributed by atoms with van der Waals surface area (Å²) in [4.78, 5) is 20.3. The number of thiophene rings is 1. The summed E-state index contributed by atoms with van der Waals surface area (Å²) < 4.78 is 28.8. The molecule has 1 aliphatic heterocycles. The Bertz CT molecular complexity index is 1480. The van der Waals surface area contributed by atoms with E-state index in [1.165, 1.54) is 18.3 Å². The van der Waals surface area contributed by atoms with Crippen LogP contribution in [0.4, 0.5) is 5.69 Å². The Labute approximate surface area is 204 Å². The minimum absolute atomic E-state index is 0.0527. The lowest BCUT2D eigenvalue weighted by atomic mass is 10.1. The van der Waals surface area contributed by atoms with Gasteiger partial charge in [-0.15, -0.1) is 11.3 Å². The molecule has 2 aromatic heterocycles. The summed E-state index contributed by atoms with van der Waals surface area (Å²) in [6, 6.07) is 18.2. The number of carbonyl (C=O) groups is 1. The molecular weight excluding hydrogens is 522 g/mol. The molecule has 5 rings (SSSR count). The minimum Gasteiger partial charge on any atom is -0.337 e. The number of fused-ring (bicyclic) bond motifs is 1. The Morgan fingerprint density at radius 1 is 0.970 bits per heavy atom. The van der Waals surface area contributed by atoms with E-state index >= 15 is 0 Å². The maximum atomic E-state index is 12.7. The lowest BCUT2D eigenvalue weighted by molar-refractivity contribution is 0.0816. The van der Waals surface area contributed by atoms with Crippen LogP contribution < -0.4 is 4.72 Å². The van der Waals surface area contributed by atoms with Crippen molar-refractivity contribution in [3.63, 3.8) is 0 Å². The predicted octanol–water partition coefficient (Wildman–Crippen LogP) is 5.63. The Morgan fingerprint density at radius 3 is 2.45 bits per heavy atom. The second-order valence-electron chi connectivity index (χ2n) is 7.72. The lowest BCUT2D eigenvalue weighted by Gasteiger charge is -2.09. The molecule has 166 valence electrons. The van der Waals surface area contributed by atoms with Gasteiger partial charge in [-0.3, -0.25) is 14.5 Å². The first-order valence-corrected chi connectivity index (χ1v) is 13.1. The maximum absolute atomic E-state index is 12.7. The summed E-state index contributed by atoms with van der Waals surface area (Å²) >= 11 is 4.90.